The summed E-state index contributed by atoms with van der Waals surface area (Å²) < 4.78 is 0. The van der Waals surface area contributed by atoms with Gasteiger partial charge in [0.2, 0.25) is 5.91 Å². The molecule has 0 radical (unpaired) electrons. The fraction of sp³-hybridized carbons (Fsp3) is 0.889. The van der Waals surface area contributed by atoms with Gasteiger partial charge in [-0.15, -0.1) is 0 Å². The number of nitrogens with two attached hydrogens (primary N) is 2. The van der Waals surface area contributed by atoms with Gasteiger partial charge in [-0.25, -0.2) is 0 Å². The zero-order valence-corrected chi connectivity index (χ0v) is 16.8. The number of hydrazone groups is 1. The van der Waals surface area contributed by atoms with Crippen molar-refractivity contribution < 1.29 is 4.79 Å². The molecule has 1 rings (SSSR count). The van der Waals surface area contributed by atoms with Crippen LogP contribution in [0.2, 0.25) is 0 Å². The summed E-state index contributed by atoms with van der Waals surface area (Å²) in [4.78, 5) is 10.7. The minimum absolute atomic E-state index is 0.135. The van der Waals surface area contributed by atoms with E-state index >= 15 is 0 Å². The Labute approximate surface area is 144 Å². The second-order valence-corrected chi connectivity index (χ2v) is 6.04. The van der Waals surface area contributed by atoms with E-state index in [1.165, 1.54) is 25.7 Å². The maximum atomic E-state index is 10.7. The summed E-state index contributed by atoms with van der Waals surface area (Å²) in [5, 5.41) is 3.57. The Bertz CT molecular complexity index is 287. The molecule has 140 valence electrons. The number of carbonyl (C=O) groups is 1. The van der Waals surface area contributed by atoms with Crippen molar-refractivity contribution in [2.24, 2.45) is 34.3 Å². The highest BCUT2D eigenvalue weighted by molar-refractivity contribution is 5.77. The second kappa shape index (κ2) is 18.8. The molecular formula is C18H42N4O. The predicted molar refractivity (Wildman–Crippen MR) is 103 cm³/mol. The van der Waals surface area contributed by atoms with Gasteiger partial charge in [-0.3, -0.25) is 4.79 Å². The van der Waals surface area contributed by atoms with E-state index in [-0.39, 0.29) is 5.91 Å². The van der Waals surface area contributed by atoms with Crippen molar-refractivity contribution in [1.82, 2.24) is 5.43 Å². The van der Waals surface area contributed by atoms with Gasteiger partial charge in [-0.2, -0.15) is 5.10 Å². The number of rotatable bonds is 4. The molecule has 1 aliphatic rings. The molecule has 0 bridgehead atoms. The Morgan fingerprint density at radius 3 is 1.91 bits per heavy atom. The standard InChI is InChI=1S/C10H19NO.C3H9N3.C3H8.C2H6/c1-7(2)9-4-3-8(5-9)6-10(11)12;1-3(4)6-5-2;1-3-2;1-2/h7-9H,3-6H2,1-2H3,(H2,11,12);5H,1-2H3,(H2,4,6);3H2,1-2H3;1-2H3. The van der Waals surface area contributed by atoms with Crippen LogP contribution in [0.5, 0.6) is 0 Å². The quantitative estimate of drug-likeness (QED) is 0.415. The van der Waals surface area contributed by atoms with Crippen LogP contribution in [0.15, 0.2) is 5.10 Å². The maximum Gasteiger partial charge on any atom is 0.217 e. The van der Waals surface area contributed by atoms with Crippen LogP contribution in [0.25, 0.3) is 0 Å². The Hall–Kier alpha value is -1.26. The third-order valence-corrected chi connectivity index (χ3v) is 3.30. The highest BCUT2D eigenvalue weighted by atomic mass is 16.1. The lowest BCUT2D eigenvalue weighted by atomic mass is 9.93. The van der Waals surface area contributed by atoms with Crippen molar-refractivity contribution in [3.05, 3.63) is 0 Å². The van der Waals surface area contributed by atoms with Crippen LogP contribution in [-0.2, 0) is 4.79 Å². The summed E-state index contributed by atoms with van der Waals surface area (Å²) in [5.41, 5.74) is 12.8. The second-order valence-electron chi connectivity index (χ2n) is 6.04. The Morgan fingerprint density at radius 2 is 1.70 bits per heavy atom. The van der Waals surface area contributed by atoms with Gasteiger partial charge in [0.05, 0.1) is 0 Å². The topological polar surface area (TPSA) is 93.5 Å². The van der Waals surface area contributed by atoms with Crippen molar-refractivity contribution in [2.45, 2.75) is 80.6 Å². The minimum atomic E-state index is -0.135. The largest absolute Gasteiger partial charge is 0.386 e. The monoisotopic (exact) mass is 330 g/mol. The Balaban J connectivity index is -0.000000307. The molecule has 0 aromatic heterocycles. The molecule has 0 aromatic rings. The fourth-order valence-electron chi connectivity index (χ4n) is 2.37. The maximum absolute atomic E-state index is 10.7. The molecule has 2 atom stereocenters. The van der Waals surface area contributed by atoms with Gasteiger partial charge < -0.3 is 16.9 Å². The van der Waals surface area contributed by atoms with Gasteiger partial charge in [-0.1, -0.05) is 48.0 Å². The zero-order valence-electron chi connectivity index (χ0n) is 16.8. The summed E-state index contributed by atoms with van der Waals surface area (Å²) in [6, 6.07) is 0. The summed E-state index contributed by atoms with van der Waals surface area (Å²) in [6.07, 6.45) is 5.55. The molecule has 0 spiro atoms. The van der Waals surface area contributed by atoms with E-state index in [9.17, 15) is 4.79 Å². The number of amidine groups is 1. The van der Waals surface area contributed by atoms with Crippen LogP contribution in [-0.4, -0.2) is 18.8 Å². The molecule has 5 nitrogen and oxygen atoms in total. The first-order valence-corrected chi connectivity index (χ1v) is 9.03. The number of nitrogens with zero attached hydrogens (tertiary/aromatic N) is 1. The molecule has 2 unspecified atom stereocenters. The van der Waals surface area contributed by atoms with Gasteiger partial charge in [0.25, 0.3) is 0 Å². The molecule has 23 heavy (non-hydrogen) atoms. The number of primary amides is 1. The van der Waals surface area contributed by atoms with Crippen molar-refractivity contribution in [1.29, 1.82) is 0 Å². The predicted octanol–water partition coefficient (Wildman–Crippen LogP) is 3.87. The van der Waals surface area contributed by atoms with E-state index < -0.39 is 0 Å². The van der Waals surface area contributed by atoms with Crippen LogP contribution >= 0.6 is 0 Å². The molecule has 1 saturated carbocycles. The minimum Gasteiger partial charge on any atom is -0.386 e. The van der Waals surface area contributed by atoms with Crippen LogP contribution in [0.4, 0.5) is 0 Å². The molecule has 0 heterocycles. The van der Waals surface area contributed by atoms with Crippen LogP contribution in [0, 0.1) is 17.8 Å². The number of hydrogen-bond donors (Lipinski definition) is 3. The zero-order chi connectivity index (χ0) is 18.8. The number of hydrogen-bond acceptors (Lipinski definition) is 3. The Morgan fingerprint density at radius 1 is 1.22 bits per heavy atom. The average Bonchev–Trinajstić information content (AvgIpc) is 2.90. The SMILES string of the molecule is CC.CC(C)C1CCC(CC(N)=O)C1.CCC.CN/N=C(/C)N. The molecule has 0 saturated heterocycles. The van der Waals surface area contributed by atoms with Crippen molar-refractivity contribution in [2.75, 3.05) is 7.05 Å². The highest BCUT2D eigenvalue weighted by Gasteiger charge is 2.27. The first kappa shape index (κ1) is 26.6. The van der Waals surface area contributed by atoms with Crippen LogP contribution in [0.3, 0.4) is 0 Å². The molecule has 0 aromatic carbocycles. The third kappa shape index (κ3) is 20.7. The van der Waals surface area contributed by atoms with Crippen molar-refractivity contribution >= 4 is 11.7 Å². The van der Waals surface area contributed by atoms with E-state index in [1.807, 2.05) is 13.8 Å². The summed E-state index contributed by atoms with van der Waals surface area (Å²) in [6.45, 7) is 14.5. The molecule has 1 fully saturated rings. The molecule has 5 N–H and O–H groups in total. The van der Waals surface area contributed by atoms with Crippen LogP contribution in [0.1, 0.15) is 80.6 Å². The van der Waals surface area contributed by atoms with E-state index in [0.717, 1.165) is 11.8 Å². The summed E-state index contributed by atoms with van der Waals surface area (Å²) >= 11 is 0. The fourth-order valence-corrected chi connectivity index (χ4v) is 2.37. The third-order valence-electron chi connectivity index (χ3n) is 3.30. The lowest BCUT2D eigenvalue weighted by Gasteiger charge is -2.13. The smallest absolute Gasteiger partial charge is 0.217 e. The first-order chi connectivity index (χ1) is 10.8. The molecule has 1 amide bonds. The molecule has 0 aliphatic heterocycles. The van der Waals surface area contributed by atoms with E-state index in [2.05, 4.69) is 38.2 Å². The number of carbonyl (C=O) groups excluding carboxylic acids is 1. The van der Waals surface area contributed by atoms with Crippen LogP contribution < -0.4 is 16.9 Å². The van der Waals surface area contributed by atoms with Gasteiger partial charge in [0, 0.05) is 13.5 Å². The average molecular weight is 331 g/mol. The first-order valence-electron chi connectivity index (χ1n) is 9.03. The molecular weight excluding hydrogens is 288 g/mol. The number of nitrogens with one attached hydrogen (secondary N) is 1. The van der Waals surface area contributed by atoms with Gasteiger partial charge in [0.1, 0.15) is 5.84 Å². The van der Waals surface area contributed by atoms with Crippen molar-refractivity contribution in [3.8, 4) is 0 Å². The summed E-state index contributed by atoms with van der Waals surface area (Å²) in [5.74, 6) is 2.59. The molecule has 5 heteroatoms. The lowest BCUT2D eigenvalue weighted by Crippen LogP contribution is -2.15. The highest BCUT2D eigenvalue weighted by Crippen LogP contribution is 2.36. The van der Waals surface area contributed by atoms with Gasteiger partial charge in [0.15, 0.2) is 0 Å². The van der Waals surface area contributed by atoms with Crippen molar-refractivity contribution in [3.63, 3.8) is 0 Å². The van der Waals surface area contributed by atoms with E-state index in [0.29, 0.717) is 18.2 Å². The van der Waals surface area contributed by atoms with E-state index in [4.69, 9.17) is 11.5 Å². The van der Waals surface area contributed by atoms with Gasteiger partial charge >= 0.3 is 0 Å². The normalized spacial score (nSPS) is 19.4. The number of amides is 1. The summed E-state index contributed by atoms with van der Waals surface area (Å²) in [7, 11) is 1.70. The molecule has 1 aliphatic carbocycles. The van der Waals surface area contributed by atoms with Gasteiger partial charge in [-0.05, 0) is 43.9 Å². The Kier molecular flexibility index (Phi) is 21.8. The lowest BCUT2D eigenvalue weighted by molar-refractivity contribution is -0.118. The van der Waals surface area contributed by atoms with E-state index in [1.54, 1.807) is 14.0 Å².